The molecule has 1 aliphatic heterocycles. The summed E-state index contributed by atoms with van der Waals surface area (Å²) in [5, 5.41) is 13.6. The molecule has 2 heterocycles. The summed E-state index contributed by atoms with van der Waals surface area (Å²) < 4.78 is 16.7. The van der Waals surface area contributed by atoms with E-state index in [2.05, 4.69) is 21.3 Å². The molecule has 3 rings (SSSR count). The van der Waals surface area contributed by atoms with Crippen LogP contribution in [0.1, 0.15) is 12.0 Å². The van der Waals surface area contributed by atoms with Gasteiger partial charge in [-0.2, -0.15) is 0 Å². The number of benzene rings is 1. The van der Waals surface area contributed by atoms with Gasteiger partial charge in [0.1, 0.15) is 24.2 Å². The number of nitrogens with zero attached hydrogens (tertiary/aromatic N) is 2. The highest BCUT2D eigenvalue weighted by molar-refractivity contribution is 5.28. The Bertz CT molecular complexity index is 695. The summed E-state index contributed by atoms with van der Waals surface area (Å²) in [4.78, 5) is 6.23. The summed E-state index contributed by atoms with van der Waals surface area (Å²) in [7, 11) is 0. The first-order valence-electron chi connectivity index (χ1n) is 10.2. The molecule has 1 fully saturated rings. The first-order chi connectivity index (χ1) is 14.3. The minimum absolute atomic E-state index is 0.292. The van der Waals surface area contributed by atoms with Crippen LogP contribution in [0.5, 0.6) is 11.5 Å². The molecule has 1 aromatic carbocycles. The van der Waals surface area contributed by atoms with Gasteiger partial charge in [0.2, 0.25) is 0 Å². The van der Waals surface area contributed by atoms with Gasteiger partial charge in [-0.3, -0.25) is 9.88 Å². The van der Waals surface area contributed by atoms with Crippen LogP contribution >= 0.6 is 0 Å². The molecule has 1 atom stereocenters. The third kappa shape index (κ3) is 8.37. The molecule has 0 bridgehead atoms. The van der Waals surface area contributed by atoms with E-state index in [4.69, 9.17) is 14.2 Å². The predicted octanol–water partition coefficient (Wildman–Crippen LogP) is 1.71. The molecule has 158 valence electrons. The van der Waals surface area contributed by atoms with Crippen molar-refractivity contribution in [3.05, 3.63) is 54.4 Å². The zero-order chi connectivity index (χ0) is 20.2. The van der Waals surface area contributed by atoms with E-state index in [0.717, 1.165) is 62.9 Å². The molecule has 1 aliphatic rings. The zero-order valence-corrected chi connectivity index (χ0v) is 16.8. The predicted molar refractivity (Wildman–Crippen MR) is 111 cm³/mol. The average Bonchev–Trinajstić information content (AvgIpc) is 2.76. The first-order valence-corrected chi connectivity index (χ1v) is 10.2. The second kappa shape index (κ2) is 12.4. The molecule has 0 saturated carbocycles. The van der Waals surface area contributed by atoms with E-state index in [-0.39, 0.29) is 0 Å². The largest absolute Gasteiger partial charge is 0.492 e. The number of hydrogen-bond donors (Lipinski definition) is 2. The number of pyridine rings is 1. The Balaban J connectivity index is 1.29. The smallest absolute Gasteiger partial charge is 0.137 e. The van der Waals surface area contributed by atoms with Crippen molar-refractivity contribution in [1.82, 2.24) is 15.2 Å². The SMILES string of the molecule is OC(COc1cccc(CNCCCOc2cccnc2)c1)CN1CCOCC1. The molecule has 0 spiro atoms. The molecule has 1 unspecified atom stereocenters. The maximum Gasteiger partial charge on any atom is 0.137 e. The number of ether oxygens (including phenoxy) is 3. The Kier molecular flexibility index (Phi) is 9.19. The summed E-state index contributed by atoms with van der Waals surface area (Å²) in [6.07, 6.45) is 3.86. The van der Waals surface area contributed by atoms with Crippen molar-refractivity contribution in [3.63, 3.8) is 0 Å². The van der Waals surface area contributed by atoms with Crippen LogP contribution in [0.25, 0.3) is 0 Å². The molecule has 0 amide bonds. The van der Waals surface area contributed by atoms with Crippen LogP contribution in [0.2, 0.25) is 0 Å². The zero-order valence-electron chi connectivity index (χ0n) is 16.8. The number of β-amino-alcohol motifs (C(OH)–C–C–N with tert-alkyl or cyclic N) is 1. The fourth-order valence-corrected chi connectivity index (χ4v) is 3.12. The molecular weight excluding hydrogens is 370 g/mol. The van der Waals surface area contributed by atoms with Crippen LogP contribution in [-0.4, -0.2) is 73.7 Å². The molecule has 7 nitrogen and oxygen atoms in total. The van der Waals surface area contributed by atoms with Crippen LogP contribution in [-0.2, 0) is 11.3 Å². The van der Waals surface area contributed by atoms with Crippen molar-refractivity contribution >= 4 is 0 Å². The quantitative estimate of drug-likeness (QED) is 0.525. The third-order valence-electron chi connectivity index (χ3n) is 4.64. The molecule has 2 N–H and O–H groups in total. The molecule has 0 radical (unpaired) electrons. The van der Waals surface area contributed by atoms with Crippen molar-refractivity contribution < 1.29 is 19.3 Å². The van der Waals surface area contributed by atoms with Crippen LogP contribution in [0.15, 0.2) is 48.8 Å². The van der Waals surface area contributed by atoms with Gasteiger partial charge in [-0.15, -0.1) is 0 Å². The van der Waals surface area contributed by atoms with Crippen LogP contribution in [0.3, 0.4) is 0 Å². The molecule has 1 aromatic heterocycles. The van der Waals surface area contributed by atoms with E-state index in [0.29, 0.717) is 19.8 Å². The van der Waals surface area contributed by atoms with E-state index in [1.54, 1.807) is 12.4 Å². The summed E-state index contributed by atoms with van der Waals surface area (Å²) in [5.41, 5.74) is 1.15. The van der Waals surface area contributed by atoms with Gasteiger partial charge in [0.05, 0.1) is 26.0 Å². The fourth-order valence-electron chi connectivity index (χ4n) is 3.12. The number of morpholine rings is 1. The summed E-state index contributed by atoms with van der Waals surface area (Å²) in [6.45, 7) is 6.39. The lowest BCUT2D eigenvalue weighted by molar-refractivity contribution is 0.00465. The van der Waals surface area contributed by atoms with Gasteiger partial charge < -0.3 is 24.6 Å². The van der Waals surface area contributed by atoms with Gasteiger partial charge in [0.25, 0.3) is 0 Å². The second-order valence-electron chi connectivity index (χ2n) is 7.09. The molecule has 2 aromatic rings. The van der Waals surface area contributed by atoms with E-state index >= 15 is 0 Å². The van der Waals surface area contributed by atoms with Crippen LogP contribution in [0.4, 0.5) is 0 Å². The van der Waals surface area contributed by atoms with Crippen LogP contribution < -0.4 is 14.8 Å². The summed E-state index contributed by atoms with van der Waals surface area (Å²) >= 11 is 0. The van der Waals surface area contributed by atoms with Gasteiger partial charge in [0, 0.05) is 32.4 Å². The number of nitrogens with one attached hydrogen (secondary N) is 1. The van der Waals surface area contributed by atoms with Crippen LogP contribution in [0, 0.1) is 0 Å². The monoisotopic (exact) mass is 401 g/mol. The number of hydrogen-bond acceptors (Lipinski definition) is 7. The second-order valence-corrected chi connectivity index (χ2v) is 7.09. The average molecular weight is 402 g/mol. The van der Waals surface area contributed by atoms with Gasteiger partial charge in [-0.05, 0) is 42.8 Å². The number of rotatable bonds is 12. The van der Waals surface area contributed by atoms with Crippen molar-refractivity contribution in [2.24, 2.45) is 0 Å². The maximum atomic E-state index is 10.2. The normalized spacial score (nSPS) is 15.8. The van der Waals surface area contributed by atoms with Crippen molar-refractivity contribution in [1.29, 1.82) is 0 Å². The lowest BCUT2D eigenvalue weighted by Gasteiger charge is -2.28. The molecule has 29 heavy (non-hydrogen) atoms. The van der Waals surface area contributed by atoms with Gasteiger partial charge in [-0.1, -0.05) is 12.1 Å². The Hall–Kier alpha value is -2.19. The Labute approximate surface area is 172 Å². The van der Waals surface area contributed by atoms with E-state index in [9.17, 15) is 5.11 Å². The summed E-state index contributed by atoms with van der Waals surface area (Å²) in [5.74, 6) is 1.58. The Morgan fingerprint density at radius 2 is 2.00 bits per heavy atom. The Morgan fingerprint density at radius 3 is 2.83 bits per heavy atom. The number of aliphatic hydroxyl groups is 1. The number of aliphatic hydroxyl groups excluding tert-OH is 1. The van der Waals surface area contributed by atoms with Gasteiger partial charge in [0.15, 0.2) is 0 Å². The lowest BCUT2D eigenvalue weighted by Crippen LogP contribution is -2.42. The van der Waals surface area contributed by atoms with Crippen molar-refractivity contribution in [3.8, 4) is 11.5 Å². The minimum atomic E-state index is -0.505. The highest BCUT2D eigenvalue weighted by atomic mass is 16.5. The van der Waals surface area contributed by atoms with E-state index in [1.165, 1.54) is 0 Å². The highest BCUT2D eigenvalue weighted by Gasteiger charge is 2.15. The third-order valence-corrected chi connectivity index (χ3v) is 4.64. The lowest BCUT2D eigenvalue weighted by atomic mass is 10.2. The summed E-state index contributed by atoms with van der Waals surface area (Å²) in [6, 6.07) is 11.8. The topological polar surface area (TPSA) is 76.1 Å². The molecule has 1 saturated heterocycles. The standard InChI is InChI=1S/C22H31N3O4/c26-20(17-25-9-12-27-13-10-25)18-29-21-5-1-4-19(14-21)15-23-8-3-11-28-22-6-2-7-24-16-22/h1-2,4-7,14,16,20,23,26H,3,8-13,15,17-18H2. The fraction of sp³-hybridized carbons (Fsp3) is 0.500. The minimum Gasteiger partial charge on any atom is -0.492 e. The molecule has 7 heteroatoms. The Morgan fingerprint density at radius 1 is 1.14 bits per heavy atom. The maximum absolute atomic E-state index is 10.2. The highest BCUT2D eigenvalue weighted by Crippen LogP contribution is 2.14. The van der Waals surface area contributed by atoms with Gasteiger partial charge in [-0.25, -0.2) is 0 Å². The molecular formula is C22H31N3O4. The van der Waals surface area contributed by atoms with E-state index < -0.39 is 6.10 Å². The first kappa shape index (κ1) is 21.5. The number of aromatic nitrogens is 1. The van der Waals surface area contributed by atoms with Crippen molar-refractivity contribution in [2.75, 3.05) is 52.6 Å². The van der Waals surface area contributed by atoms with Crippen molar-refractivity contribution in [2.45, 2.75) is 19.1 Å². The van der Waals surface area contributed by atoms with E-state index in [1.807, 2.05) is 30.3 Å². The van der Waals surface area contributed by atoms with Gasteiger partial charge >= 0.3 is 0 Å². The molecule has 0 aliphatic carbocycles.